The van der Waals surface area contributed by atoms with Crippen molar-refractivity contribution in [3.63, 3.8) is 0 Å². The van der Waals surface area contributed by atoms with Gasteiger partial charge in [0.1, 0.15) is 0 Å². The fourth-order valence-corrected chi connectivity index (χ4v) is 21.5. The molecule has 0 saturated heterocycles. The molecule has 1 aromatic carbocycles. The number of benzene rings is 1. The van der Waals surface area contributed by atoms with Crippen molar-refractivity contribution in [3.05, 3.63) is 47.5 Å². The third kappa shape index (κ3) is 9.14. The van der Waals surface area contributed by atoms with Crippen LogP contribution in [0.4, 0.5) is 0 Å². The number of nitrogens with one attached hydrogen (secondary N) is 1. The van der Waals surface area contributed by atoms with Crippen molar-refractivity contribution in [1.29, 1.82) is 0 Å². The molecule has 0 bridgehead atoms. The van der Waals surface area contributed by atoms with Crippen LogP contribution in [-0.2, 0) is 11.4 Å². The minimum atomic E-state index is -2.15. The summed E-state index contributed by atoms with van der Waals surface area (Å²) in [5, 5.41) is 0. The van der Waals surface area contributed by atoms with Crippen LogP contribution >= 0.6 is 0 Å². The van der Waals surface area contributed by atoms with Gasteiger partial charge < -0.3 is 0 Å². The summed E-state index contributed by atoms with van der Waals surface area (Å²) in [6.07, 6.45) is 14.8. The van der Waals surface area contributed by atoms with E-state index >= 15 is 0 Å². The van der Waals surface area contributed by atoms with Crippen molar-refractivity contribution in [2.24, 2.45) is 0 Å². The Hall–Kier alpha value is -0.321. The van der Waals surface area contributed by atoms with Gasteiger partial charge in [0.25, 0.3) is 0 Å². The van der Waals surface area contributed by atoms with Crippen LogP contribution in [0.25, 0.3) is 0 Å². The summed E-state index contributed by atoms with van der Waals surface area (Å²) in [6.45, 7) is 7.77. The quantitative estimate of drug-likeness (QED) is 0.148. The van der Waals surface area contributed by atoms with E-state index in [9.17, 15) is 0 Å². The zero-order chi connectivity index (χ0) is 20.8. The molecule has 2 rings (SSSR count). The van der Waals surface area contributed by atoms with Gasteiger partial charge in [0, 0.05) is 0 Å². The van der Waals surface area contributed by atoms with E-state index in [2.05, 4.69) is 62.7 Å². The van der Waals surface area contributed by atoms with Gasteiger partial charge in [-0.25, -0.2) is 0 Å². The average Bonchev–Trinajstić information content (AvgIpc) is 2.76. The number of unbranched alkanes of at least 4 members (excludes halogenated alkanes) is 3. The Morgan fingerprint density at radius 3 is 2.14 bits per heavy atom. The fraction of sp³-hybridized carbons (Fsp3) is 0.692. The molecule has 0 aliphatic heterocycles. The number of rotatable bonds is 15. The second-order valence-corrected chi connectivity index (χ2v) is 23.0. The van der Waals surface area contributed by atoms with Crippen LogP contribution in [0.2, 0.25) is 17.7 Å². The Bertz CT molecular complexity index is 550. The Kier molecular flexibility index (Phi) is 12.6. The predicted octanol–water partition coefficient (Wildman–Crippen LogP) is 8.04. The Morgan fingerprint density at radius 2 is 1.55 bits per heavy atom. The van der Waals surface area contributed by atoms with Gasteiger partial charge >= 0.3 is 185 Å². The van der Waals surface area contributed by atoms with Crippen LogP contribution < -0.4 is 5.48 Å². The summed E-state index contributed by atoms with van der Waals surface area (Å²) >= 11 is -2.15. The van der Waals surface area contributed by atoms with Gasteiger partial charge in [-0.1, -0.05) is 0 Å². The Balaban J connectivity index is 2.03. The maximum absolute atomic E-state index is 5.98. The van der Waals surface area contributed by atoms with E-state index < -0.39 is 18.4 Å². The molecular weight excluding hydrogens is 461 g/mol. The van der Waals surface area contributed by atoms with Crippen LogP contribution in [0, 0.1) is 0 Å². The normalized spacial score (nSPS) is 17.3. The van der Waals surface area contributed by atoms with Gasteiger partial charge in [0.05, 0.1) is 0 Å². The monoisotopic (exact) mass is 507 g/mol. The molecule has 164 valence electrons. The zero-order valence-electron chi connectivity index (χ0n) is 19.3. The van der Waals surface area contributed by atoms with Crippen molar-refractivity contribution < 1.29 is 4.84 Å². The van der Waals surface area contributed by atoms with E-state index in [4.69, 9.17) is 4.84 Å². The third-order valence-corrected chi connectivity index (χ3v) is 22.0. The van der Waals surface area contributed by atoms with E-state index in [0.717, 1.165) is 0 Å². The second kappa shape index (κ2) is 14.6. The molecular formula is C26H45NOSn. The van der Waals surface area contributed by atoms with Crippen molar-refractivity contribution >= 4 is 18.4 Å². The molecule has 0 saturated carbocycles. The maximum atomic E-state index is 5.98. The first-order chi connectivity index (χ1) is 14.2. The molecule has 1 atom stereocenters. The molecule has 0 fully saturated rings. The van der Waals surface area contributed by atoms with E-state index in [1.54, 1.807) is 18.9 Å². The first-order valence-corrected chi connectivity index (χ1v) is 20.4. The van der Waals surface area contributed by atoms with Crippen LogP contribution in [0.1, 0.15) is 84.1 Å². The Morgan fingerprint density at radius 1 is 0.931 bits per heavy atom. The molecule has 0 heterocycles. The summed E-state index contributed by atoms with van der Waals surface area (Å²) in [6, 6.07) is 11.0. The third-order valence-electron chi connectivity index (χ3n) is 6.62. The first-order valence-electron chi connectivity index (χ1n) is 12.3. The molecule has 0 amide bonds. The SMILES string of the molecule is CCC[CH2][Sn]([CH2]CCC)([CH2]CCC)[CH2]C1=CCCCC1NOCc1ccccc1. The van der Waals surface area contributed by atoms with E-state index in [0.29, 0.717) is 12.6 Å². The van der Waals surface area contributed by atoms with E-state index in [1.807, 2.05) is 0 Å². The van der Waals surface area contributed by atoms with Gasteiger partial charge in [-0.3, -0.25) is 0 Å². The summed E-state index contributed by atoms with van der Waals surface area (Å²) in [4.78, 5) is 5.98. The molecule has 0 aromatic heterocycles. The molecule has 1 N–H and O–H groups in total. The van der Waals surface area contributed by atoms with Crippen LogP contribution in [0.3, 0.4) is 0 Å². The molecule has 29 heavy (non-hydrogen) atoms. The second-order valence-electron chi connectivity index (χ2n) is 9.14. The van der Waals surface area contributed by atoms with E-state index in [1.165, 1.54) is 67.8 Å². The Labute approximate surface area is 184 Å². The summed E-state index contributed by atoms with van der Waals surface area (Å²) in [7, 11) is 0. The van der Waals surface area contributed by atoms with Crippen LogP contribution in [0.15, 0.2) is 42.0 Å². The van der Waals surface area contributed by atoms with Gasteiger partial charge in [0.2, 0.25) is 0 Å². The number of hydrogen-bond acceptors (Lipinski definition) is 2. The van der Waals surface area contributed by atoms with Gasteiger partial charge in [-0.15, -0.1) is 0 Å². The molecule has 1 aromatic rings. The number of hydrogen-bond donors (Lipinski definition) is 1. The standard InChI is InChI=1S/C14H18NO.3C4H9.Sn/c1-12-7-5-6-10-14(12)15-16-11-13-8-3-2-4-9-13;3*1-3-4-2;/h2-4,7-9,14-15H,1,5-6,10-11H2;3*1,3-4H2,2H3;. The predicted molar refractivity (Wildman–Crippen MR) is 130 cm³/mol. The van der Waals surface area contributed by atoms with Crippen molar-refractivity contribution in [3.8, 4) is 0 Å². The van der Waals surface area contributed by atoms with E-state index in [-0.39, 0.29) is 0 Å². The summed E-state index contributed by atoms with van der Waals surface area (Å²) < 4.78 is 6.27. The van der Waals surface area contributed by atoms with Gasteiger partial charge in [0.15, 0.2) is 0 Å². The first kappa shape index (κ1) is 24.9. The summed E-state index contributed by atoms with van der Waals surface area (Å²) in [5.41, 5.74) is 6.43. The molecule has 1 aliphatic rings. The molecule has 1 unspecified atom stereocenters. The minimum absolute atomic E-state index is 0.438. The fourth-order valence-electron chi connectivity index (χ4n) is 4.80. The van der Waals surface area contributed by atoms with Crippen molar-refractivity contribution in [1.82, 2.24) is 5.48 Å². The van der Waals surface area contributed by atoms with Crippen LogP contribution in [-0.4, -0.2) is 24.4 Å². The van der Waals surface area contributed by atoms with Crippen molar-refractivity contribution in [2.75, 3.05) is 0 Å². The molecule has 0 spiro atoms. The topological polar surface area (TPSA) is 21.3 Å². The van der Waals surface area contributed by atoms with Gasteiger partial charge in [-0.2, -0.15) is 0 Å². The van der Waals surface area contributed by atoms with Crippen LogP contribution in [0.5, 0.6) is 0 Å². The average molecular weight is 506 g/mol. The number of allylic oxidation sites excluding steroid dienone is 1. The van der Waals surface area contributed by atoms with Gasteiger partial charge in [-0.05, 0) is 0 Å². The van der Waals surface area contributed by atoms with Crippen molar-refractivity contribution in [2.45, 2.75) is 109 Å². The summed E-state index contributed by atoms with van der Waals surface area (Å²) in [5.74, 6) is 0. The number of hydroxylamine groups is 1. The molecule has 2 nitrogen and oxygen atoms in total. The molecule has 1 aliphatic carbocycles. The molecule has 3 heteroatoms. The zero-order valence-corrected chi connectivity index (χ0v) is 22.2. The molecule has 0 radical (unpaired) electrons.